The van der Waals surface area contributed by atoms with E-state index in [4.69, 9.17) is 9.47 Å². The lowest BCUT2D eigenvalue weighted by molar-refractivity contribution is -0.130. The van der Waals surface area contributed by atoms with Crippen LogP contribution in [0.2, 0.25) is 0 Å². The third-order valence-electron chi connectivity index (χ3n) is 6.60. The standard InChI is InChI=1S/C22H31N3O4/c1-28-18-6-4-5-17(13-18)14-20(26)25-11-8-22(15-25)16-29-12-7-19(22)23-21(27)24-9-2-3-10-24/h4-6,13,19H,2-3,7-12,14-16H2,1H3,(H,23,27)/t19-,22-/m0/s1. The van der Waals surface area contributed by atoms with E-state index in [2.05, 4.69) is 5.32 Å². The molecular formula is C22H31N3O4. The highest BCUT2D eigenvalue weighted by Crippen LogP contribution is 2.39. The second-order valence-corrected chi connectivity index (χ2v) is 8.49. The topological polar surface area (TPSA) is 71.1 Å². The van der Waals surface area contributed by atoms with E-state index in [1.807, 2.05) is 34.1 Å². The molecule has 0 saturated carbocycles. The Kier molecular flexibility index (Phi) is 5.94. The van der Waals surface area contributed by atoms with E-state index in [9.17, 15) is 9.59 Å². The zero-order valence-corrected chi connectivity index (χ0v) is 17.2. The summed E-state index contributed by atoms with van der Waals surface area (Å²) in [6.45, 7) is 4.29. The number of nitrogens with one attached hydrogen (secondary N) is 1. The van der Waals surface area contributed by atoms with E-state index in [1.54, 1.807) is 7.11 Å². The molecule has 158 valence electrons. The third-order valence-corrected chi connectivity index (χ3v) is 6.60. The molecule has 7 heteroatoms. The Morgan fingerprint density at radius 3 is 2.86 bits per heavy atom. The van der Waals surface area contributed by atoms with E-state index in [0.717, 1.165) is 50.1 Å². The van der Waals surface area contributed by atoms with Crippen LogP contribution in [0.25, 0.3) is 0 Å². The molecule has 7 nitrogen and oxygen atoms in total. The molecule has 1 aromatic rings. The van der Waals surface area contributed by atoms with Gasteiger partial charge in [-0.15, -0.1) is 0 Å². The minimum absolute atomic E-state index is 0.0370. The smallest absolute Gasteiger partial charge is 0.317 e. The molecule has 3 saturated heterocycles. The van der Waals surface area contributed by atoms with Crippen LogP contribution in [-0.4, -0.2) is 74.3 Å². The Labute approximate surface area is 172 Å². The number of nitrogens with zero attached hydrogens (tertiary/aromatic N) is 2. The van der Waals surface area contributed by atoms with E-state index >= 15 is 0 Å². The van der Waals surface area contributed by atoms with Crippen molar-refractivity contribution >= 4 is 11.9 Å². The summed E-state index contributed by atoms with van der Waals surface area (Å²) in [6, 6.07) is 7.74. The first-order valence-corrected chi connectivity index (χ1v) is 10.6. The second-order valence-electron chi connectivity index (χ2n) is 8.49. The van der Waals surface area contributed by atoms with Crippen LogP contribution in [0.15, 0.2) is 24.3 Å². The molecule has 29 heavy (non-hydrogen) atoms. The van der Waals surface area contributed by atoms with Crippen LogP contribution < -0.4 is 10.1 Å². The van der Waals surface area contributed by atoms with Crippen molar-refractivity contribution in [3.63, 3.8) is 0 Å². The summed E-state index contributed by atoms with van der Waals surface area (Å²) in [5, 5.41) is 3.27. The first-order chi connectivity index (χ1) is 14.1. The molecule has 3 aliphatic rings. The summed E-state index contributed by atoms with van der Waals surface area (Å²) in [6.07, 6.45) is 4.19. The number of rotatable bonds is 4. The molecule has 3 fully saturated rings. The fraction of sp³-hybridized carbons (Fsp3) is 0.636. The maximum Gasteiger partial charge on any atom is 0.317 e. The van der Waals surface area contributed by atoms with Crippen molar-refractivity contribution in [3.05, 3.63) is 29.8 Å². The van der Waals surface area contributed by atoms with Crippen molar-refractivity contribution in [1.82, 2.24) is 15.1 Å². The Morgan fingerprint density at radius 1 is 1.24 bits per heavy atom. The number of benzene rings is 1. The van der Waals surface area contributed by atoms with Gasteiger partial charge in [0.15, 0.2) is 0 Å². The van der Waals surface area contributed by atoms with Gasteiger partial charge >= 0.3 is 6.03 Å². The fourth-order valence-corrected chi connectivity index (χ4v) is 4.85. The fourth-order valence-electron chi connectivity index (χ4n) is 4.85. The summed E-state index contributed by atoms with van der Waals surface area (Å²) in [7, 11) is 1.63. The average Bonchev–Trinajstić information content (AvgIpc) is 3.41. The number of hydrogen-bond acceptors (Lipinski definition) is 4. The highest BCUT2D eigenvalue weighted by molar-refractivity contribution is 5.79. The summed E-state index contributed by atoms with van der Waals surface area (Å²) in [5.41, 5.74) is 0.770. The molecular weight excluding hydrogens is 370 g/mol. The zero-order chi connectivity index (χ0) is 20.3. The van der Waals surface area contributed by atoms with Gasteiger partial charge in [0.1, 0.15) is 5.75 Å². The highest BCUT2D eigenvalue weighted by atomic mass is 16.5. The van der Waals surface area contributed by atoms with Crippen LogP contribution in [-0.2, 0) is 16.0 Å². The molecule has 0 bridgehead atoms. The van der Waals surface area contributed by atoms with Crippen molar-refractivity contribution in [3.8, 4) is 5.75 Å². The summed E-state index contributed by atoms with van der Waals surface area (Å²) in [5.74, 6) is 0.879. The van der Waals surface area contributed by atoms with Gasteiger partial charge in [-0.1, -0.05) is 12.1 Å². The Morgan fingerprint density at radius 2 is 2.07 bits per heavy atom. The number of methoxy groups -OCH3 is 1. The van der Waals surface area contributed by atoms with Gasteiger partial charge in [0.05, 0.1) is 20.1 Å². The number of ether oxygens (including phenoxy) is 2. The molecule has 1 N–H and O–H groups in total. The number of likely N-dealkylation sites (tertiary alicyclic amines) is 2. The molecule has 0 unspecified atom stereocenters. The quantitative estimate of drug-likeness (QED) is 0.838. The van der Waals surface area contributed by atoms with E-state index in [1.165, 1.54) is 0 Å². The van der Waals surface area contributed by atoms with Gasteiger partial charge in [-0.25, -0.2) is 4.79 Å². The lowest BCUT2D eigenvalue weighted by Crippen LogP contribution is -2.57. The molecule has 1 spiro atoms. The zero-order valence-electron chi connectivity index (χ0n) is 17.2. The number of hydrogen-bond donors (Lipinski definition) is 1. The normalized spacial score (nSPS) is 26.7. The van der Waals surface area contributed by atoms with Gasteiger partial charge in [0, 0.05) is 44.2 Å². The van der Waals surface area contributed by atoms with Crippen molar-refractivity contribution < 1.29 is 19.1 Å². The van der Waals surface area contributed by atoms with Gasteiger partial charge < -0.3 is 24.6 Å². The summed E-state index contributed by atoms with van der Waals surface area (Å²) in [4.78, 5) is 29.4. The first kappa shape index (κ1) is 20.0. The molecule has 4 rings (SSSR count). The minimum Gasteiger partial charge on any atom is -0.497 e. The van der Waals surface area contributed by atoms with Crippen LogP contribution in [0.5, 0.6) is 5.75 Å². The second kappa shape index (κ2) is 8.61. The van der Waals surface area contributed by atoms with Gasteiger partial charge in [-0.05, 0) is 43.4 Å². The lowest BCUT2D eigenvalue weighted by atomic mass is 9.77. The molecule has 3 aliphatic heterocycles. The highest BCUT2D eigenvalue weighted by Gasteiger charge is 2.48. The van der Waals surface area contributed by atoms with E-state index in [0.29, 0.717) is 32.7 Å². The third kappa shape index (κ3) is 4.34. The number of carbonyl (C=O) groups excluding carboxylic acids is 2. The SMILES string of the molecule is COc1cccc(CC(=O)N2CC[C@@]3(COCC[C@@H]3NC(=O)N3CCCC3)C2)c1. The van der Waals surface area contributed by atoms with E-state index in [-0.39, 0.29) is 23.4 Å². The van der Waals surface area contributed by atoms with Crippen molar-refractivity contribution in [2.24, 2.45) is 5.41 Å². The maximum absolute atomic E-state index is 12.9. The van der Waals surface area contributed by atoms with Crippen LogP contribution >= 0.6 is 0 Å². The predicted molar refractivity (Wildman–Crippen MR) is 109 cm³/mol. The molecule has 3 heterocycles. The van der Waals surface area contributed by atoms with Crippen molar-refractivity contribution in [2.75, 3.05) is 46.5 Å². The molecule has 0 radical (unpaired) electrons. The first-order valence-electron chi connectivity index (χ1n) is 10.6. The van der Waals surface area contributed by atoms with Crippen LogP contribution in [0.3, 0.4) is 0 Å². The summed E-state index contributed by atoms with van der Waals surface area (Å²) >= 11 is 0. The summed E-state index contributed by atoms with van der Waals surface area (Å²) < 4.78 is 11.1. The predicted octanol–water partition coefficient (Wildman–Crippen LogP) is 2.05. The number of carbonyl (C=O) groups is 2. The average molecular weight is 402 g/mol. The Bertz CT molecular complexity index is 749. The largest absolute Gasteiger partial charge is 0.497 e. The number of amides is 3. The Balaban J connectivity index is 1.39. The number of urea groups is 1. The van der Waals surface area contributed by atoms with Gasteiger partial charge in [0.25, 0.3) is 0 Å². The van der Waals surface area contributed by atoms with Gasteiger partial charge in [0.2, 0.25) is 5.91 Å². The van der Waals surface area contributed by atoms with E-state index < -0.39 is 0 Å². The lowest BCUT2D eigenvalue weighted by Gasteiger charge is -2.41. The Hall–Kier alpha value is -2.28. The molecule has 0 aromatic heterocycles. The van der Waals surface area contributed by atoms with Crippen molar-refractivity contribution in [2.45, 2.75) is 38.1 Å². The molecule has 2 atom stereocenters. The van der Waals surface area contributed by atoms with Crippen LogP contribution in [0.1, 0.15) is 31.2 Å². The van der Waals surface area contributed by atoms with Crippen LogP contribution in [0.4, 0.5) is 4.79 Å². The monoisotopic (exact) mass is 401 g/mol. The molecule has 0 aliphatic carbocycles. The molecule has 1 aromatic carbocycles. The van der Waals surface area contributed by atoms with Crippen molar-refractivity contribution in [1.29, 1.82) is 0 Å². The minimum atomic E-state index is -0.183. The van der Waals surface area contributed by atoms with Gasteiger partial charge in [-0.2, -0.15) is 0 Å². The maximum atomic E-state index is 12.9. The molecule has 3 amide bonds. The van der Waals surface area contributed by atoms with Crippen LogP contribution in [0, 0.1) is 5.41 Å². The van der Waals surface area contributed by atoms with Gasteiger partial charge in [-0.3, -0.25) is 4.79 Å².